The number of aliphatic hydroxyl groups is 1. The minimum absolute atomic E-state index is 0.299. The second-order valence-corrected chi connectivity index (χ2v) is 5.75. The highest BCUT2D eigenvalue weighted by molar-refractivity contribution is 5.35. The first-order valence-electron chi connectivity index (χ1n) is 7.80. The van der Waals surface area contributed by atoms with Crippen molar-refractivity contribution in [3.8, 4) is 5.69 Å². The van der Waals surface area contributed by atoms with Gasteiger partial charge in [-0.1, -0.05) is 12.1 Å². The Kier molecular flexibility index (Phi) is 4.68. The highest BCUT2D eigenvalue weighted by Gasteiger charge is 2.28. The number of aliphatic hydroxyl groups excluding tert-OH is 1. The first kappa shape index (κ1) is 14.3. The molecule has 4 nitrogen and oxygen atoms in total. The minimum Gasteiger partial charge on any atom is -0.396 e. The van der Waals surface area contributed by atoms with E-state index < -0.39 is 0 Å². The summed E-state index contributed by atoms with van der Waals surface area (Å²) in [7, 11) is 0. The quantitative estimate of drug-likeness (QED) is 0.758. The monoisotopic (exact) mass is 285 g/mol. The Labute approximate surface area is 126 Å². The van der Waals surface area contributed by atoms with Crippen molar-refractivity contribution in [2.75, 3.05) is 13.2 Å². The average molecular weight is 285 g/mol. The molecule has 0 bridgehead atoms. The summed E-state index contributed by atoms with van der Waals surface area (Å²) in [5.74, 6) is 0. The predicted molar refractivity (Wildman–Crippen MR) is 83.3 cm³/mol. The van der Waals surface area contributed by atoms with Gasteiger partial charge in [0.05, 0.1) is 5.69 Å². The topological polar surface area (TPSA) is 41.3 Å². The Hall–Kier alpha value is -1.65. The van der Waals surface area contributed by atoms with Crippen LogP contribution in [-0.4, -0.2) is 39.0 Å². The van der Waals surface area contributed by atoms with Gasteiger partial charge in [0.15, 0.2) is 0 Å². The third-order valence-electron chi connectivity index (χ3n) is 3.98. The molecular weight excluding hydrogens is 262 g/mol. The zero-order chi connectivity index (χ0) is 14.5. The minimum atomic E-state index is 0.299. The van der Waals surface area contributed by atoms with Gasteiger partial charge in [0.1, 0.15) is 0 Å². The summed E-state index contributed by atoms with van der Waals surface area (Å²) in [5, 5.41) is 13.2. The molecule has 0 radical (unpaired) electrons. The van der Waals surface area contributed by atoms with E-state index in [9.17, 15) is 0 Å². The molecule has 0 aliphatic heterocycles. The Morgan fingerprint density at radius 1 is 1.24 bits per heavy atom. The molecular formula is C17H23N3O. The first-order valence-corrected chi connectivity index (χ1v) is 7.80. The van der Waals surface area contributed by atoms with Crippen molar-refractivity contribution in [3.05, 3.63) is 48.3 Å². The van der Waals surface area contributed by atoms with Crippen LogP contribution in [0.3, 0.4) is 0 Å². The highest BCUT2D eigenvalue weighted by Crippen LogP contribution is 2.28. The van der Waals surface area contributed by atoms with Crippen LogP contribution in [0.1, 0.15) is 31.2 Å². The van der Waals surface area contributed by atoms with Crippen LogP contribution in [0.4, 0.5) is 0 Å². The van der Waals surface area contributed by atoms with Crippen LogP contribution in [0.25, 0.3) is 5.69 Å². The van der Waals surface area contributed by atoms with Gasteiger partial charge < -0.3 is 5.11 Å². The molecule has 0 unspecified atom stereocenters. The Balaban J connectivity index is 1.66. The number of benzene rings is 1. The maximum Gasteiger partial charge on any atom is 0.0648 e. The molecule has 1 aliphatic carbocycles. The van der Waals surface area contributed by atoms with Crippen molar-refractivity contribution in [2.45, 2.75) is 38.3 Å². The van der Waals surface area contributed by atoms with Crippen molar-refractivity contribution in [3.63, 3.8) is 0 Å². The van der Waals surface area contributed by atoms with Gasteiger partial charge in [0, 0.05) is 31.6 Å². The van der Waals surface area contributed by atoms with E-state index in [0.29, 0.717) is 6.61 Å². The maximum atomic E-state index is 8.94. The molecule has 1 saturated carbocycles. The fourth-order valence-corrected chi connectivity index (χ4v) is 2.71. The van der Waals surface area contributed by atoms with E-state index in [4.69, 9.17) is 5.11 Å². The second-order valence-electron chi connectivity index (χ2n) is 5.75. The smallest absolute Gasteiger partial charge is 0.0648 e. The SMILES string of the molecule is OCCCCN(Cc1cccc(-n2cccn2)c1)C1CC1. The normalized spacial score (nSPS) is 14.8. The molecule has 1 heterocycles. The van der Waals surface area contributed by atoms with Crippen LogP contribution < -0.4 is 0 Å². The highest BCUT2D eigenvalue weighted by atomic mass is 16.2. The zero-order valence-corrected chi connectivity index (χ0v) is 12.4. The summed E-state index contributed by atoms with van der Waals surface area (Å²) < 4.78 is 1.90. The average Bonchev–Trinajstić information content (AvgIpc) is 3.21. The molecule has 3 rings (SSSR count). The molecule has 0 saturated heterocycles. The molecule has 4 heteroatoms. The predicted octanol–water partition coefficient (Wildman–Crippen LogP) is 2.61. The van der Waals surface area contributed by atoms with Crippen LogP contribution in [0.15, 0.2) is 42.7 Å². The third-order valence-corrected chi connectivity index (χ3v) is 3.98. The fraction of sp³-hybridized carbons (Fsp3) is 0.471. The standard InChI is InChI=1S/C17H23N3O/c21-12-2-1-10-19(16-7-8-16)14-15-5-3-6-17(13-15)20-11-4-9-18-20/h3-6,9,11,13,16,21H,1-2,7-8,10,12,14H2. The van der Waals surface area contributed by atoms with Gasteiger partial charge in [-0.25, -0.2) is 4.68 Å². The van der Waals surface area contributed by atoms with Crippen LogP contribution >= 0.6 is 0 Å². The number of nitrogens with zero attached hydrogens (tertiary/aromatic N) is 3. The lowest BCUT2D eigenvalue weighted by molar-refractivity contribution is 0.229. The van der Waals surface area contributed by atoms with E-state index in [-0.39, 0.29) is 0 Å². The number of hydrogen-bond acceptors (Lipinski definition) is 3. The summed E-state index contributed by atoms with van der Waals surface area (Å²) in [4.78, 5) is 2.55. The Bertz CT molecular complexity index is 549. The Morgan fingerprint density at radius 2 is 2.14 bits per heavy atom. The number of aromatic nitrogens is 2. The first-order chi connectivity index (χ1) is 10.4. The van der Waals surface area contributed by atoms with Crippen molar-refractivity contribution in [1.82, 2.24) is 14.7 Å². The van der Waals surface area contributed by atoms with E-state index >= 15 is 0 Å². The largest absolute Gasteiger partial charge is 0.396 e. The Morgan fingerprint density at radius 3 is 2.86 bits per heavy atom. The van der Waals surface area contributed by atoms with Crippen molar-refractivity contribution in [2.24, 2.45) is 0 Å². The van der Waals surface area contributed by atoms with Crippen molar-refractivity contribution in [1.29, 1.82) is 0 Å². The van der Waals surface area contributed by atoms with Crippen LogP contribution in [-0.2, 0) is 6.54 Å². The van der Waals surface area contributed by atoms with Gasteiger partial charge in [0.2, 0.25) is 0 Å². The number of unbranched alkanes of at least 4 members (excludes halogenated alkanes) is 1. The molecule has 1 aromatic carbocycles. The summed E-state index contributed by atoms with van der Waals surface area (Å²) >= 11 is 0. The summed E-state index contributed by atoms with van der Waals surface area (Å²) in [5.41, 5.74) is 2.45. The van der Waals surface area contributed by atoms with E-state index in [1.807, 2.05) is 16.9 Å². The second kappa shape index (κ2) is 6.87. The lowest BCUT2D eigenvalue weighted by atomic mass is 10.1. The van der Waals surface area contributed by atoms with Gasteiger partial charge in [-0.15, -0.1) is 0 Å². The molecule has 1 fully saturated rings. The molecule has 21 heavy (non-hydrogen) atoms. The van der Waals surface area contributed by atoms with Crippen molar-refractivity contribution >= 4 is 0 Å². The zero-order valence-electron chi connectivity index (χ0n) is 12.4. The summed E-state index contributed by atoms with van der Waals surface area (Å²) in [6.45, 7) is 2.37. The molecule has 0 spiro atoms. The molecule has 1 aliphatic rings. The summed E-state index contributed by atoms with van der Waals surface area (Å²) in [6.07, 6.45) is 8.38. The van der Waals surface area contributed by atoms with Gasteiger partial charge in [-0.2, -0.15) is 5.10 Å². The molecule has 1 aromatic heterocycles. The van der Waals surface area contributed by atoms with E-state index in [1.165, 1.54) is 18.4 Å². The number of rotatable bonds is 8. The lowest BCUT2D eigenvalue weighted by Crippen LogP contribution is -2.27. The molecule has 0 atom stereocenters. The third kappa shape index (κ3) is 3.93. The van der Waals surface area contributed by atoms with E-state index in [2.05, 4.69) is 34.3 Å². The van der Waals surface area contributed by atoms with Crippen LogP contribution in [0.5, 0.6) is 0 Å². The van der Waals surface area contributed by atoms with Gasteiger partial charge in [-0.05, 0) is 56.0 Å². The van der Waals surface area contributed by atoms with Crippen LogP contribution in [0.2, 0.25) is 0 Å². The molecule has 1 N–H and O–H groups in total. The van der Waals surface area contributed by atoms with E-state index in [1.54, 1.807) is 6.20 Å². The molecule has 0 amide bonds. The van der Waals surface area contributed by atoms with Gasteiger partial charge in [-0.3, -0.25) is 4.90 Å². The molecule has 2 aromatic rings. The molecule has 112 valence electrons. The van der Waals surface area contributed by atoms with Gasteiger partial charge in [0.25, 0.3) is 0 Å². The van der Waals surface area contributed by atoms with E-state index in [0.717, 1.165) is 37.7 Å². The fourth-order valence-electron chi connectivity index (χ4n) is 2.71. The van der Waals surface area contributed by atoms with Gasteiger partial charge >= 0.3 is 0 Å². The van der Waals surface area contributed by atoms with Crippen molar-refractivity contribution < 1.29 is 5.11 Å². The maximum absolute atomic E-state index is 8.94. The lowest BCUT2D eigenvalue weighted by Gasteiger charge is -2.22. The number of hydrogen-bond donors (Lipinski definition) is 1. The van der Waals surface area contributed by atoms with Crippen LogP contribution in [0, 0.1) is 0 Å². The summed E-state index contributed by atoms with van der Waals surface area (Å²) in [6, 6.07) is 11.3.